The van der Waals surface area contributed by atoms with E-state index in [4.69, 9.17) is 21.7 Å². The number of anilines is 1. The number of hydrogen-bond acceptors (Lipinski definition) is 5. The van der Waals surface area contributed by atoms with Crippen LogP contribution in [0.2, 0.25) is 0 Å². The Morgan fingerprint density at radius 3 is 2.48 bits per heavy atom. The largest absolute Gasteiger partial charge is 0.493 e. The molecule has 1 fully saturated rings. The van der Waals surface area contributed by atoms with E-state index < -0.39 is 0 Å². The topological polar surface area (TPSA) is 38.8 Å². The van der Waals surface area contributed by atoms with Crippen LogP contribution in [-0.4, -0.2) is 23.4 Å². The van der Waals surface area contributed by atoms with Gasteiger partial charge in [0.1, 0.15) is 0 Å². The van der Waals surface area contributed by atoms with Gasteiger partial charge in [0.15, 0.2) is 15.8 Å². The van der Waals surface area contributed by atoms with Crippen molar-refractivity contribution in [3.8, 4) is 11.5 Å². The van der Waals surface area contributed by atoms with Crippen molar-refractivity contribution in [2.75, 3.05) is 12.0 Å². The molecule has 4 nitrogen and oxygen atoms in total. The molecule has 27 heavy (non-hydrogen) atoms. The lowest BCUT2D eigenvalue weighted by molar-refractivity contribution is -0.113. The van der Waals surface area contributed by atoms with Gasteiger partial charge in [-0.05, 0) is 61.9 Å². The highest BCUT2D eigenvalue weighted by Crippen LogP contribution is 2.37. The van der Waals surface area contributed by atoms with E-state index in [-0.39, 0.29) is 12.0 Å². The minimum Gasteiger partial charge on any atom is -0.493 e. The highest BCUT2D eigenvalue weighted by Gasteiger charge is 2.33. The van der Waals surface area contributed by atoms with Crippen molar-refractivity contribution in [2.45, 2.75) is 20.0 Å². The second kappa shape index (κ2) is 8.46. The Bertz CT molecular complexity index is 910. The van der Waals surface area contributed by atoms with Gasteiger partial charge in [-0.1, -0.05) is 46.0 Å². The van der Waals surface area contributed by atoms with Gasteiger partial charge in [-0.15, -0.1) is 0 Å². The Kier molecular flexibility index (Phi) is 6.24. The molecule has 1 heterocycles. The number of hydrogen-bond donors (Lipinski definition) is 0. The van der Waals surface area contributed by atoms with Crippen molar-refractivity contribution in [3.63, 3.8) is 0 Å². The molecule has 0 saturated carbocycles. The van der Waals surface area contributed by atoms with Crippen molar-refractivity contribution in [1.82, 2.24) is 0 Å². The molecule has 0 unspecified atom stereocenters. The van der Waals surface area contributed by atoms with Gasteiger partial charge in [0.05, 0.1) is 23.8 Å². The molecular weight excluding hydrogens is 446 g/mol. The third-order valence-electron chi connectivity index (χ3n) is 3.73. The quantitative estimate of drug-likeness (QED) is 0.422. The van der Waals surface area contributed by atoms with Crippen LogP contribution in [0.3, 0.4) is 0 Å². The molecule has 140 valence electrons. The summed E-state index contributed by atoms with van der Waals surface area (Å²) in [6, 6.07) is 13.1. The molecular formula is C20H18BrNO3S2. The Morgan fingerprint density at radius 2 is 1.85 bits per heavy atom. The zero-order valence-corrected chi connectivity index (χ0v) is 18.3. The Morgan fingerprint density at radius 1 is 1.15 bits per heavy atom. The summed E-state index contributed by atoms with van der Waals surface area (Å²) in [5, 5.41) is 0. The average Bonchev–Trinajstić information content (AvgIpc) is 2.90. The third kappa shape index (κ3) is 4.54. The van der Waals surface area contributed by atoms with Crippen LogP contribution in [0.15, 0.2) is 51.8 Å². The third-order valence-corrected chi connectivity index (χ3v) is 5.56. The monoisotopic (exact) mass is 463 g/mol. The lowest BCUT2D eigenvalue weighted by Gasteiger charge is -2.14. The number of rotatable bonds is 5. The summed E-state index contributed by atoms with van der Waals surface area (Å²) in [5.41, 5.74) is 1.60. The van der Waals surface area contributed by atoms with Gasteiger partial charge < -0.3 is 9.47 Å². The number of nitrogens with zero attached hydrogens (tertiary/aromatic N) is 1. The maximum atomic E-state index is 12.9. The molecule has 0 spiro atoms. The minimum absolute atomic E-state index is 0.0481. The Hall–Kier alpha value is -1.83. The maximum absolute atomic E-state index is 12.9. The molecule has 0 aliphatic carbocycles. The normalized spacial score (nSPS) is 15.7. The first kappa shape index (κ1) is 19.9. The van der Waals surface area contributed by atoms with E-state index in [1.807, 2.05) is 62.4 Å². The molecule has 0 N–H and O–H groups in total. The van der Waals surface area contributed by atoms with E-state index >= 15 is 0 Å². The van der Waals surface area contributed by atoms with Gasteiger partial charge in [-0.3, -0.25) is 9.69 Å². The van der Waals surface area contributed by atoms with Gasteiger partial charge in [-0.2, -0.15) is 0 Å². The number of methoxy groups -OCH3 is 1. The molecule has 1 aliphatic heterocycles. The summed E-state index contributed by atoms with van der Waals surface area (Å²) in [6.45, 7) is 3.92. The fourth-order valence-electron chi connectivity index (χ4n) is 2.56. The van der Waals surface area contributed by atoms with Crippen LogP contribution in [0, 0.1) is 0 Å². The van der Waals surface area contributed by atoms with E-state index in [2.05, 4.69) is 15.9 Å². The summed E-state index contributed by atoms with van der Waals surface area (Å²) in [6.07, 6.45) is 1.87. The molecule has 0 bridgehead atoms. The number of amides is 1. The molecule has 1 amide bonds. The summed E-state index contributed by atoms with van der Waals surface area (Å²) in [4.78, 5) is 15.0. The number of thioether (sulfide) groups is 1. The Balaban J connectivity index is 1.88. The molecule has 0 aromatic heterocycles. The van der Waals surface area contributed by atoms with Crippen LogP contribution in [-0.2, 0) is 4.79 Å². The molecule has 2 aromatic carbocycles. The smallest absolute Gasteiger partial charge is 0.270 e. The number of carbonyl (C=O) groups excluding carboxylic acids is 1. The van der Waals surface area contributed by atoms with Crippen molar-refractivity contribution in [2.24, 2.45) is 0 Å². The van der Waals surface area contributed by atoms with Gasteiger partial charge in [-0.25, -0.2) is 0 Å². The zero-order valence-electron chi connectivity index (χ0n) is 15.1. The SMILES string of the molecule is COc1cc(/C=C2/SC(=S)N(c3ccc(Br)cc3)C2=O)ccc1OC(C)C. The summed E-state index contributed by atoms with van der Waals surface area (Å²) >= 11 is 10.1. The van der Waals surface area contributed by atoms with Crippen molar-refractivity contribution in [3.05, 3.63) is 57.4 Å². The van der Waals surface area contributed by atoms with Crippen LogP contribution in [0.25, 0.3) is 6.08 Å². The summed E-state index contributed by atoms with van der Waals surface area (Å²) in [7, 11) is 1.60. The van der Waals surface area contributed by atoms with Crippen LogP contribution in [0.5, 0.6) is 11.5 Å². The van der Waals surface area contributed by atoms with Gasteiger partial charge in [0, 0.05) is 4.47 Å². The molecule has 2 aromatic rings. The minimum atomic E-state index is -0.131. The summed E-state index contributed by atoms with van der Waals surface area (Å²) < 4.78 is 12.6. The number of ether oxygens (including phenoxy) is 2. The average molecular weight is 464 g/mol. The molecule has 7 heteroatoms. The second-order valence-electron chi connectivity index (χ2n) is 6.07. The Labute approximate surface area is 176 Å². The number of benzene rings is 2. The van der Waals surface area contributed by atoms with E-state index in [1.54, 1.807) is 12.0 Å². The lowest BCUT2D eigenvalue weighted by atomic mass is 10.1. The fraction of sp³-hybridized carbons (Fsp3) is 0.200. The zero-order chi connectivity index (χ0) is 19.6. The first-order valence-electron chi connectivity index (χ1n) is 8.27. The lowest BCUT2D eigenvalue weighted by Crippen LogP contribution is -2.27. The van der Waals surface area contributed by atoms with Crippen LogP contribution in [0.1, 0.15) is 19.4 Å². The van der Waals surface area contributed by atoms with E-state index in [0.29, 0.717) is 20.7 Å². The fourth-order valence-corrected chi connectivity index (χ4v) is 4.12. The van der Waals surface area contributed by atoms with Crippen LogP contribution in [0.4, 0.5) is 5.69 Å². The van der Waals surface area contributed by atoms with Crippen molar-refractivity contribution >= 4 is 61.9 Å². The molecule has 0 atom stereocenters. The number of halogens is 1. The van der Waals surface area contributed by atoms with E-state index in [0.717, 1.165) is 15.7 Å². The van der Waals surface area contributed by atoms with Crippen LogP contribution < -0.4 is 14.4 Å². The summed E-state index contributed by atoms with van der Waals surface area (Å²) in [5.74, 6) is 1.17. The van der Waals surface area contributed by atoms with Gasteiger partial charge >= 0.3 is 0 Å². The first-order chi connectivity index (χ1) is 12.9. The maximum Gasteiger partial charge on any atom is 0.270 e. The van der Waals surface area contributed by atoms with Gasteiger partial charge in [0.25, 0.3) is 5.91 Å². The highest BCUT2D eigenvalue weighted by molar-refractivity contribution is 9.10. The predicted molar refractivity (Wildman–Crippen MR) is 119 cm³/mol. The van der Waals surface area contributed by atoms with Crippen LogP contribution >= 0.6 is 39.9 Å². The van der Waals surface area contributed by atoms with Crippen molar-refractivity contribution in [1.29, 1.82) is 0 Å². The molecule has 1 saturated heterocycles. The number of thiocarbonyl (C=S) groups is 1. The highest BCUT2D eigenvalue weighted by atomic mass is 79.9. The van der Waals surface area contributed by atoms with E-state index in [9.17, 15) is 4.79 Å². The standard InChI is InChI=1S/C20H18BrNO3S2/c1-12(2)25-16-9-4-13(10-17(16)24-3)11-18-19(23)22(20(26)27-18)15-7-5-14(21)6-8-15/h4-12H,1-3H3/b18-11+. The molecule has 0 radical (unpaired) electrons. The van der Waals surface area contributed by atoms with Gasteiger partial charge in [0.2, 0.25) is 0 Å². The van der Waals surface area contributed by atoms with E-state index in [1.165, 1.54) is 11.8 Å². The molecule has 3 rings (SSSR count). The predicted octanol–water partition coefficient (Wildman–Crippen LogP) is 5.65. The second-order valence-corrected chi connectivity index (χ2v) is 8.66. The van der Waals surface area contributed by atoms with Crippen molar-refractivity contribution < 1.29 is 14.3 Å². The first-order valence-corrected chi connectivity index (χ1v) is 10.3. The number of carbonyl (C=O) groups is 1. The molecule has 1 aliphatic rings.